The maximum absolute atomic E-state index is 10.1. The first-order valence-corrected chi connectivity index (χ1v) is 7.45. The van der Waals surface area contributed by atoms with Crippen LogP contribution in [0.2, 0.25) is 0 Å². The zero-order chi connectivity index (χ0) is 13.8. The van der Waals surface area contributed by atoms with Crippen molar-refractivity contribution in [3.8, 4) is 0 Å². The molecule has 1 unspecified atom stereocenters. The van der Waals surface area contributed by atoms with Gasteiger partial charge in [-0.05, 0) is 43.5 Å². The van der Waals surface area contributed by atoms with E-state index in [1.165, 1.54) is 16.0 Å². The van der Waals surface area contributed by atoms with Gasteiger partial charge in [0.15, 0.2) is 0 Å². The summed E-state index contributed by atoms with van der Waals surface area (Å²) in [6.07, 6.45) is 0.360. The summed E-state index contributed by atoms with van der Waals surface area (Å²) < 4.78 is 0. The highest BCUT2D eigenvalue weighted by molar-refractivity contribution is 7.99. The number of aryl methyl sites for hydroxylation is 2. The van der Waals surface area contributed by atoms with E-state index in [1.54, 1.807) is 11.8 Å². The molecule has 0 spiro atoms. The van der Waals surface area contributed by atoms with Crippen LogP contribution in [0.25, 0.3) is 0 Å². The van der Waals surface area contributed by atoms with Gasteiger partial charge in [-0.1, -0.05) is 54.6 Å². The van der Waals surface area contributed by atoms with E-state index in [9.17, 15) is 5.11 Å². The van der Waals surface area contributed by atoms with Crippen molar-refractivity contribution in [2.24, 2.45) is 0 Å². The van der Waals surface area contributed by atoms with Crippen LogP contribution >= 0.6 is 11.8 Å². The number of aliphatic hydroxyl groups is 1. The van der Waals surface area contributed by atoms with Crippen LogP contribution < -0.4 is 0 Å². The zero-order valence-corrected chi connectivity index (χ0v) is 12.5. The lowest BCUT2D eigenvalue weighted by Gasteiger charge is -2.14. The molecule has 2 rings (SSSR count). The summed E-state index contributed by atoms with van der Waals surface area (Å²) in [5.74, 6) is 0. The topological polar surface area (TPSA) is 20.2 Å². The third-order valence-electron chi connectivity index (χ3n) is 3.22. The second-order valence-corrected chi connectivity index (χ2v) is 5.92. The van der Waals surface area contributed by atoms with Crippen LogP contribution in [0.3, 0.4) is 0 Å². The normalized spacial score (nSPS) is 12.4. The Morgan fingerprint density at radius 3 is 2.47 bits per heavy atom. The zero-order valence-electron chi connectivity index (χ0n) is 11.7. The fraction of sp³-hybridized carbons (Fsp3) is 0.294. The molecule has 1 N–H and O–H groups in total. The van der Waals surface area contributed by atoms with E-state index in [2.05, 4.69) is 38.1 Å². The summed E-state index contributed by atoms with van der Waals surface area (Å²) in [5.41, 5.74) is 3.59. The predicted octanol–water partition coefficient (Wildman–Crippen LogP) is 4.90. The molecule has 0 amide bonds. The third-order valence-corrected chi connectivity index (χ3v) is 4.48. The van der Waals surface area contributed by atoms with E-state index in [1.807, 2.05) is 25.1 Å². The fourth-order valence-electron chi connectivity index (χ4n) is 2.10. The minimum Gasteiger partial charge on any atom is -0.388 e. The number of hydrogen-bond donors (Lipinski definition) is 1. The van der Waals surface area contributed by atoms with Gasteiger partial charge in [-0.25, -0.2) is 0 Å². The van der Waals surface area contributed by atoms with Crippen molar-refractivity contribution < 1.29 is 5.11 Å². The van der Waals surface area contributed by atoms with Crippen molar-refractivity contribution in [2.75, 3.05) is 0 Å². The summed E-state index contributed by atoms with van der Waals surface area (Å²) in [6.45, 7) is 6.24. The van der Waals surface area contributed by atoms with Gasteiger partial charge in [0.25, 0.3) is 0 Å². The van der Waals surface area contributed by atoms with Crippen LogP contribution in [-0.2, 0) is 0 Å². The van der Waals surface area contributed by atoms with Crippen LogP contribution in [0.1, 0.15) is 36.1 Å². The third kappa shape index (κ3) is 3.40. The Kier molecular flexibility index (Phi) is 4.67. The SMILES string of the molecule is CCC(O)c1ccccc1Sc1ccc(C)cc1C. The Bertz CT molecular complexity index is 563. The van der Waals surface area contributed by atoms with Gasteiger partial charge >= 0.3 is 0 Å². The van der Waals surface area contributed by atoms with Crippen LogP contribution in [-0.4, -0.2) is 5.11 Å². The maximum Gasteiger partial charge on any atom is 0.0798 e. The highest BCUT2D eigenvalue weighted by atomic mass is 32.2. The molecule has 2 aromatic rings. The van der Waals surface area contributed by atoms with E-state index >= 15 is 0 Å². The number of rotatable bonds is 4. The molecule has 1 atom stereocenters. The van der Waals surface area contributed by atoms with Crippen molar-refractivity contribution >= 4 is 11.8 Å². The lowest BCUT2D eigenvalue weighted by Crippen LogP contribution is -1.97. The highest BCUT2D eigenvalue weighted by Gasteiger charge is 2.11. The molecule has 0 aliphatic heterocycles. The van der Waals surface area contributed by atoms with Gasteiger partial charge in [0.1, 0.15) is 0 Å². The molecule has 100 valence electrons. The van der Waals surface area contributed by atoms with E-state index in [0.717, 1.165) is 16.9 Å². The van der Waals surface area contributed by atoms with Crippen LogP contribution in [0, 0.1) is 13.8 Å². The maximum atomic E-state index is 10.1. The molecule has 0 aromatic heterocycles. The van der Waals surface area contributed by atoms with Gasteiger partial charge in [0.2, 0.25) is 0 Å². The Morgan fingerprint density at radius 1 is 1.05 bits per heavy atom. The molecular weight excluding hydrogens is 252 g/mol. The number of benzene rings is 2. The average Bonchev–Trinajstić information content (AvgIpc) is 2.41. The van der Waals surface area contributed by atoms with Gasteiger partial charge in [0, 0.05) is 9.79 Å². The van der Waals surface area contributed by atoms with Crippen molar-refractivity contribution in [1.82, 2.24) is 0 Å². The monoisotopic (exact) mass is 272 g/mol. The second kappa shape index (κ2) is 6.27. The minimum atomic E-state index is -0.380. The quantitative estimate of drug-likeness (QED) is 0.854. The molecule has 0 aliphatic carbocycles. The van der Waals surface area contributed by atoms with Crippen molar-refractivity contribution in [2.45, 2.75) is 43.1 Å². The van der Waals surface area contributed by atoms with Crippen LogP contribution in [0.5, 0.6) is 0 Å². The van der Waals surface area contributed by atoms with E-state index in [0.29, 0.717) is 0 Å². The molecule has 1 nitrogen and oxygen atoms in total. The van der Waals surface area contributed by atoms with Crippen molar-refractivity contribution in [1.29, 1.82) is 0 Å². The molecule has 0 heterocycles. The molecule has 0 aliphatic rings. The van der Waals surface area contributed by atoms with Crippen LogP contribution in [0.4, 0.5) is 0 Å². The van der Waals surface area contributed by atoms with Gasteiger partial charge in [0.05, 0.1) is 6.10 Å². The average molecular weight is 272 g/mol. The molecule has 0 saturated heterocycles. The van der Waals surface area contributed by atoms with E-state index < -0.39 is 0 Å². The van der Waals surface area contributed by atoms with Crippen LogP contribution in [0.15, 0.2) is 52.3 Å². The fourth-order valence-corrected chi connectivity index (χ4v) is 3.16. The van der Waals surface area contributed by atoms with Gasteiger partial charge in [-0.15, -0.1) is 0 Å². The van der Waals surface area contributed by atoms with Gasteiger partial charge < -0.3 is 5.11 Å². The Labute approximate surface area is 119 Å². The lowest BCUT2D eigenvalue weighted by atomic mass is 10.1. The molecular formula is C17H20OS. The smallest absolute Gasteiger partial charge is 0.0798 e. The summed E-state index contributed by atoms with van der Waals surface area (Å²) in [7, 11) is 0. The lowest BCUT2D eigenvalue weighted by molar-refractivity contribution is 0.171. The first-order valence-electron chi connectivity index (χ1n) is 6.64. The Morgan fingerprint density at radius 2 is 1.79 bits per heavy atom. The number of hydrogen-bond acceptors (Lipinski definition) is 2. The molecule has 19 heavy (non-hydrogen) atoms. The molecule has 2 aromatic carbocycles. The molecule has 0 saturated carbocycles. The predicted molar refractivity (Wildman–Crippen MR) is 81.7 cm³/mol. The summed E-state index contributed by atoms with van der Waals surface area (Å²) in [4.78, 5) is 2.39. The summed E-state index contributed by atoms with van der Waals surface area (Å²) in [5, 5.41) is 10.1. The largest absolute Gasteiger partial charge is 0.388 e. The summed E-state index contributed by atoms with van der Waals surface area (Å²) in [6, 6.07) is 14.6. The Balaban J connectivity index is 2.33. The van der Waals surface area contributed by atoms with Gasteiger partial charge in [-0.2, -0.15) is 0 Å². The molecule has 0 bridgehead atoms. The standard InChI is InChI=1S/C17H20OS/c1-4-15(18)14-7-5-6-8-17(14)19-16-10-9-12(2)11-13(16)3/h5-11,15,18H,4H2,1-3H3. The van der Waals surface area contributed by atoms with Gasteiger partial charge in [-0.3, -0.25) is 0 Å². The molecule has 0 radical (unpaired) electrons. The highest BCUT2D eigenvalue weighted by Crippen LogP contribution is 2.35. The van der Waals surface area contributed by atoms with E-state index in [4.69, 9.17) is 0 Å². The van der Waals surface area contributed by atoms with Crippen molar-refractivity contribution in [3.05, 3.63) is 59.2 Å². The summed E-state index contributed by atoms with van der Waals surface area (Å²) >= 11 is 1.73. The van der Waals surface area contributed by atoms with Crippen molar-refractivity contribution in [3.63, 3.8) is 0 Å². The minimum absolute atomic E-state index is 0.380. The number of aliphatic hydroxyl groups excluding tert-OH is 1. The van der Waals surface area contributed by atoms with E-state index in [-0.39, 0.29) is 6.10 Å². The Hall–Kier alpha value is -1.25. The first-order chi connectivity index (χ1) is 9.11. The second-order valence-electron chi connectivity index (χ2n) is 4.83. The first kappa shape index (κ1) is 14.2. The molecule has 2 heteroatoms. The molecule has 0 fully saturated rings.